The van der Waals surface area contributed by atoms with Crippen molar-refractivity contribution in [3.05, 3.63) is 33.8 Å². The Morgan fingerprint density at radius 2 is 2.25 bits per heavy atom. The second-order valence-electron chi connectivity index (χ2n) is 4.66. The van der Waals surface area contributed by atoms with Crippen LogP contribution in [-0.4, -0.2) is 19.3 Å². The minimum atomic E-state index is 0.537. The fourth-order valence-electron chi connectivity index (χ4n) is 2.71. The Kier molecular flexibility index (Phi) is 3.01. The fourth-order valence-corrected chi connectivity index (χ4v) is 3.12. The van der Waals surface area contributed by atoms with Crippen LogP contribution in [0, 0.1) is 0 Å². The molecule has 3 heteroatoms. The van der Waals surface area contributed by atoms with E-state index in [1.54, 1.807) is 0 Å². The summed E-state index contributed by atoms with van der Waals surface area (Å²) in [5, 5.41) is 3.71. The molecule has 2 atom stereocenters. The zero-order chi connectivity index (χ0) is 11.0. The van der Waals surface area contributed by atoms with Crippen LogP contribution in [0.1, 0.15) is 30.0 Å². The highest BCUT2D eigenvalue weighted by molar-refractivity contribution is 9.10. The van der Waals surface area contributed by atoms with E-state index in [2.05, 4.69) is 39.4 Å². The molecule has 1 saturated heterocycles. The monoisotopic (exact) mass is 281 g/mol. The minimum absolute atomic E-state index is 0.537. The van der Waals surface area contributed by atoms with Gasteiger partial charge in [0.05, 0.1) is 6.61 Å². The zero-order valence-corrected chi connectivity index (χ0v) is 10.8. The molecule has 1 aliphatic carbocycles. The van der Waals surface area contributed by atoms with Crippen molar-refractivity contribution in [1.82, 2.24) is 5.32 Å². The molecular formula is C13H16BrNO. The fraction of sp³-hybridized carbons (Fsp3) is 0.538. The van der Waals surface area contributed by atoms with Crippen LogP contribution < -0.4 is 5.32 Å². The van der Waals surface area contributed by atoms with Crippen LogP contribution >= 0.6 is 15.9 Å². The van der Waals surface area contributed by atoms with Gasteiger partial charge in [-0.1, -0.05) is 22.0 Å². The second kappa shape index (κ2) is 4.47. The van der Waals surface area contributed by atoms with Gasteiger partial charge < -0.3 is 10.1 Å². The summed E-state index contributed by atoms with van der Waals surface area (Å²) >= 11 is 3.53. The van der Waals surface area contributed by atoms with Crippen LogP contribution in [0.4, 0.5) is 0 Å². The Hall–Kier alpha value is -0.380. The number of halogens is 1. The molecule has 0 radical (unpaired) electrons. The van der Waals surface area contributed by atoms with E-state index < -0.39 is 0 Å². The Morgan fingerprint density at radius 3 is 3.06 bits per heavy atom. The topological polar surface area (TPSA) is 21.3 Å². The first-order chi connectivity index (χ1) is 7.83. The second-order valence-corrected chi connectivity index (χ2v) is 5.58. The number of aryl methyl sites for hydroxylation is 1. The van der Waals surface area contributed by atoms with Gasteiger partial charge >= 0.3 is 0 Å². The predicted molar refractivity (Wildman–Crippen MR) is 67.6 cm³/mol. The Bertz CT molecular complexity index is 388. The largest absolute Gasteiger partial charge is 0.380 e. The van der Waals surface area contributed by atoms with Crippen LogP contribution in [-0.2, 0) is 11.2 Å². The summed E-state index contributed by atoms with van der Waals surface area (Å²) in [6, 6.07) is 7.74. The van der Waals surface area contributed by atoms with E-state index in [0.717, 1.165) is 19.6 Å². The number of benzene rings is 1. The third-order valence-corrected chi connectivity index (χ3v) is 4.04. The summed E-state index contributed by atoms with van der Waals surface area (Å²) in [7, 11) is 0. The maximum Gasteiger partial charge on any atom is 0.0620 e. The number of ether oxygens (including phenoxy) is 1. The molecule has 3 rings (SSSR count). The molecule has 2 aliphatic rings. The van der Waals surface area contributed by atoms with Crippen molar-refractivity contribution >= 4 is 15.9 Å². The summed E-state index contributed by atoms with van der Waals surface area (Å²) in [5.74, 6) is 0. The van der Waals surface area contributed by atoms with E-state index in [4.69, 9.17) is 4.74 Å². The lowest BCUT2D eigenvalue weighted by atomic mass is 10.1. The number of rotatable bonds is 2. The molecule has 0 amide bonds. The maximum atomic E-state index is 5.40. The third-order valence-electron chi connectivity index (χ3n) is 3.55. The highest BCUT2D eigenvalue weighted by Crippen LogP contribution is 2.33. The van der Waals surface area contributed by atoms with E-state index in [9.17, 15) is 0 Å². The molecule has 1 aromatic rings. The number of fused-ring (bicyclic) bond motifs is 1. The Balaban J connectivity index is 1.75. The molecule has 86 valence electrons. The highest BCUT2D eigenvalue weighted by atomic mass is 79.9. The molecule has 2 unspecified atom stereocenters. The third kappa shape index (κ3) is 2.04. The van der Waals surface area contributed by atoms with Crippen molar-refractivity contribution in [3.63, 3.8) is 0 Å². The van der Waals surface area contributed by atoms with Crippen molar-refractivity contribution < 1.29 is 4.74 Å². The van der Waals surface area contributed by atoms with Crippen molar-refractivity contribution in [3.8, 4) is 0 Å². The summed E-state index contributed by atoms with van der Waals surface area (Å²) < 4.78 is 6.60. The van der Waals surface area contributed by atoms with Gasteiger partial charge in [0.1, 0.15) is 0 Å². The van der Waals surface area contributed by atoms with Crippen molar-refractivity contribution in [2.45, 2.75) is 31.3 Å². The van der Waals surface area contributed by atoms with E-state index in [1.165, 1.54) is 28.4 Å². The van der Waals surface area contributed by atoms with Gasteiger partial charge in [0.25, 0.3) is 0 Å². The summed E-state index contributed by atoms with van der Waals surface area (Å²) in [5.41, 5.74) is 2.97. The lowest BCUT2D eigenvalue weighted by molar-refractivity contribution is 0.188. The molecule has 1 N–H and O–H groups in total. The molecule has 1 aromatic carbocycles. The van der Waals surface area contributed by atoms with Gasteiger partial charge in [-0.25, -0.2) is 0 Å². The minimum Gasteiger partial charge on any atom is -0.380 e. The number of hydrogen-bond acceptors (Lipinski definition) is 2. The van der Waals surface area contributed by atoms with Gasteiger partial charge in [-0.05, 0) is 42.5 Å². The molecule has 1 heterocycles. The molecule has 0 bridgehead atoms. The standard InChI is InChI=1S/C13H16BrNO/c14-10-2-3-12-9(7-10)1-4-13(12)15-11-5-6-16-8-11/h2-3,7,11,13,15H,1,4-6,8H2. The van der Waals surface area contributed by atoms with Crippen LogP contribution in [0.2, 0.25) is 0 Å². The average Bonchev–Trinajstić information content (AvgIpc) is 2.89. The lowest BCUT2D eigenvalue weighted by Crippen LogP contribution is -2.32. The summed E-state index contributed by atoms with van der Waals surface area (Å²) in [6.07, 6.45) is 3.57. The molecule has 1 fully saturated rings. The molecular weight excluding hydrogens is 266 g/mol. The van der Waals surface area contributed by atoms with E-state index >= 15 is 0 Å². The quantitative estimate of drug-likeness (QED) is 0.900. The van der Waals surface area contributed by atoms with Crippen LogP contribution in [0.15, 0.2) is 22.7 Å². The summed E-state index contributed by atoms with van der Waals surface area (Å²) in [4.78, 5) is 0. The molecule has 0 aromatic heterocycles. The van der Waals surface area contributed by atoms with Crippen LogP contribution in [0.5, 0.6) is 0 Å². The smallest absolute Gasteiger partial charge is 0.0620 e. The predicted octanol–water partition coefficient (Wildman–Crippen LogP) is 2.81. The SMILES string of the molecule is Brc1ccc2c(c1)CCC2NC1CCOC1. The van der Waals surface area contributed by atoms with E-state index in [-0.39, 0.29) is 0 Å². The van der Waals surface area contributed by atoms with Gasteiger partial charge in [0.15, 0.2) is 0 Å². The van der Waals surface area contributed by atoms with Gasteiger partial charge in [0, 0.05) is 23.2 Å². The Morgan fingerprint density at radius 1 is 1.31 bits per heavy atom. The average molecular weight is 282 g/mol. The number of nitrogens with one attached hydrogen (secondary N) is 1. The first kappa shape index (κ1) is 10.8. The van der Waals surface area contributed by atoms with Gasteiger partial charge in [0.2, 0.25) is 0 Å². The van der Waals surface area contributed by atoms with Gasteiger partial charge in [-0.15, -0.1) is 0 Å². The summed E-state index contributed by atoms with van der Waals surface area (Å²) in [6.45, 7) is 1.79. The van der Waals surface area contributed by atoms with Crippen LogP contribution in [0.3, 0.4) is 0 Å². The lowest BCUT2D eigenvalue weighted by Gasteiger charge is -2.18. The first-order valence-corrected chi connectivity index (χ1v) is 6.74. The van der Waals surface area contributed by atoms with Crippen LogP contribution in [0.25, 0.3) is 0 Å². The molecule has 1 aliphatic heterocycles. The molecule has 2 nitrogen and oxygen atoms in total. The van der Waals surface area contributed by atoms with Gasteiger partial charge in [-0.3, -0.25) is 0 Å². The molecule has 0 spiro atoms. The number of hydrogen-bond donors (Lipinski definition) is 1. The van der Waals surface area contributed by atoms with Crippen molar-refractivity contribution in [2.24, 2.45) is 0 Å². The Labute approximate surface area is 105 Å². The molecule has 0 saturated carbocycles. The van der Waals surface area contributed by atoms with Crippen molar-refractivity contribution in [1.29, 1.82) is 0 Å². The van der Waals surface area contributed by atoms with Gasteiger partial charge in [-0.2, -0.15) is 0 Å². The van der Waals surface area contributed by atoms with E-state index in [1.807, 2.05) is 0 Å². The normalized spacial score (nSPS) is 28.3. The van der Waals surface area contributed by atoms with Crippen molar-refractivity contribution in [2.75, 3.05) is 13.2 Å². The maximum absolute atomic E-state index is 5.40. The van der Waals surface area contributed by atoms with E-state index in [0.29, 0.717) is 12.1 Å². The highest BCUT2D eigenvalue weighted by Gasteiger charge is 2.26. The molecule has 16 heavy (non-hydrogen) atoms. The first-order valence-electron chi connectivity index (χ1n) is 5.95. The zero-order valence-electron chi connectivity index (χ0n) is 9.21.